The second-order valence-corrected chi connectivity index (χ2v) is 5.70. The van der Waals surface area contributed by atoms with Crippen molar-refractivity contribution in [3.63, 3.8) is 0 Å². The lowest BCUT2D eigenvalue weighted by Crippen LogP contribution is -2.33. The molecule has 1 unspecified atom stereocenters. The number of aliphatic hydroxyl groups excluding tert-OH is 1. The highest BCUT2D eigenvalue weighted by atomic mass is 32.2. The quantitative estimate of drug-likeness (QED) is 0.837. The van der Waals surface area contributed by atoms with Crippen molar-refractivity contribution >= 4 is 10.0 Å². The minimum absolute atomic E-state index is 0.278. The van der Waals surface area contributed by atoms with Gasteiger partial charge in [0.1, 0.15) is 17.5 Å². The Morgan fingerprint density at radius 1 is 1.26 bits per heavy atom. The summed E-state index contributed by atoms with van der Waals surface area (Å²) in [4.78, 5) is -1.25. The standard InChI is InChI=1S/C11H14F3NO3S/c1-2-3-8(16)6-15-19(17,18)11-9(13)4-7(12)5-10(11)14/h4-5,8,15-16H,2-3,6H2,1H3. The van der Waals surface area contributed by atoms with Gasteiger partial charge >= 0.3 is 0 Å². The van der Waals surface area contributed by atoms with E-state index in [0.29, 0.717) is 12.8 Å². The Labute approximate surface area is 109 Å². The number of hydrogen-bond donors (Lipinski definition) is 2. The molecule has 0 bridgehead atoms. The first-order valence-electron chi connectivity index (χ1n) is 5.60. The fourth-order valence-electron chi connectivity index (χ4n) is 1.50. The Hall–Kier alpha value is -1.12. The fraction of sp³-hybridized carbons (Fsp3) is 0.455. The summed E-state index contributed by atoms with van der Waals surface area (Å²) in [6.45, 7) is 1.42. The molecule has 0 aromatic heterocycles. The van der Waals surface area contributed by atoms with Crippen LogP contribution in [0.2, 0.25) is 0 Å². The highest BCUT2D eigenvalue weighted by Gasteiger charge is 2.25. The molecule has 0 radical (unpaired) electrons. The number of benzene rings is 1. The predicted molar refractivity (Wildman–Crippen MR) is 62.4 cm³/mol. The largest absolute Gasteiger partial charge is 0.392 e. The van der Waals surface area contributed by atoms with Crippen LogP contribution in [0, 0.1) is 17.5 Å². The lowest BCUT2D eigenvalue weighted by Gasteiger charge is -2.12. The third kappa shape index (κ3) is 4.19. The molecule has 0 amide bonds. The summed E-state index contributed by atoms with van der Waals surface area (Å²) in [5, 5.41) is 9.37. The van der Waals surface area contributed by atoms with Gasteiger partial charge in [0, 0.05) is 18.7 Å². The number of rotatable bonds is 6. The SMILES string of the molecule is CCCC(O)CNS(=O)(=O)c1c(F)cc(F)cc1F. The first-order chi connectivity index (χ1) is 8.77. The molecule has 1 aromatic carbocycles. The molecule has 4 nitrogen and oxygen atoms in total. The van der Waals surface area contributed by atoms with Crippen molar-refractivity contribution in [2.45, 2.75) is 30.8 Å². The highest BCUT2D eigenvalue weighted by Crippen LogP contribution is 2.19. The predicted octanol–water partition coefficient (Wildman–Crippen LogP) is 1.54. The van der Waals surface area contributed by atoms with E-state index >= 15 is 0 Å². The van der Waals surface area contributed by atoms with Gasteiger partial charge in [0.25, 0.3) is 0 Å². The van der Waals surface area contributed by atoms with Gasteiger partial charge in [-0.1, -0.05) is 13.3 Å². The minimum Gasteiger partial charge on any atom is -0.392 e. The highest BCUT2D eigenvalue weighted by molar-refractivity contribution is 7.89. The van der Waals surface area contributed by atoms with Crippen LogP contribution < -0.4 is 4.72 Å². The van der Waals surface area contributed by atoms with Crippen LogP contribution in [0.1, 0.15) is 19.8 Å². The van der Waals surface area contributed by atoms with Crippen molar-refractivity contribution in [3.05, 3.63) is 29.6 Å². The van der Waals surface area contributed by atoms with Gasteiger partial charge in [-0.25, -0.2) is 26.3 Å². The van der Waals surface area contributed by atoms with E-state index in [0.717, 1.165) is 0 Å². The molecule has 0 fully saturated rings. The Balaban J connectivity index is 2.95. The minimum atomic E-state index is -4.48. The molecule has 8 heteroatoms. The molecule has 0 saturated carbocycles. The van der Waals surface area contributed by atoms with E-state index in [1.807, 2.05) is 4.72 Å². The zero-order valence-corrected chi connectivity index (χ0v) is 11.0. The third-order valence-corrected chi connectivity index (χ3v) is 3.84. The molecule has 1 rings (SSSR count). The fourth-order valence-corrected chi connectivity index (χ4v) is 2.69. The second kappa shape index (κ2) is 6.36. The number of aliphatic hydroxyl groups is 1. The molecule has 1 atom stereocenters. The van der Waals surface area contributed by atoms with Crippen LogP contribution in [-0.2, 0) is 10.0 Å². The maximum atomic E-state index is 13.3. The van der Waals surface area contributed by atoms with E-state index < -0.39 is 38.5 Å². The van der Waals surface area contributed by atoms with Gasteiger partial charge in [0.05, 0.1) is 6.10 Å². The Bertz CT molecular complexity index is 525. The summed E-state index contributed by atoms with van der Waals surface area (Å²) in [5.41, 5.74) is 0. The van der Waals surface area contributed by atoms with E-state index in [1.165, 1.54) is 0 Å². The summed E-state index contributed by atoms with van der Waals surface area (Å²) in [5.74, 6) is -4.25. The summed E-state index contributed by atoms with van der Waals surface area (Å²) in [7, 11) is -4.48. The summed E-state index contributed by atoms with van der Waals surface area (Å²) in [6, 6.07) is 0.556. The van der Waals surface area contributed by atoms with Crippen LogP contribution in [0.4, 0.5) is 13.2 Å². The molecule has 19 heavy (non-hydrogen) atoms. The van der Waals surface area contributed by atoms with Crippen LogP contribution in [0.25, 0.3) is 0 Å². The number of halogens is 3. The van der Waals surface area contributed by atoms with E-state index in [2.05, 4.69) is 0 Å². The molecular weight excluding hydrogens is 283 g/mol. The third-order valence-electron chi connectivity index (χ3n) is 2.36. The smallest absolute Gasteiger partial charge is 0.246 e. The van der Waals surface area contributed by atoms with Crippen molar-refractivity contribution in [1.29, 1.82) is 0 Å². The second-order valence-electron chi connectivity index (χ2n) is 3.99. The topological polar surface area (TPSA) is 66.4 Å². The van der Waals surface area contributed by atoms with Gasteiger partial charge in [-0.05, 0) is 6.42 Å². The van der Waals surface area contributed by atoms with E-state index in [1.54, 1.807) is 6.92 Å². The Kier molecular flexibility index (Phi) is 5.33. The lowest BCUT2D eigenvalue weighted by molar-refractivity contribution is 0.167. The zero-order valence-electron chi connectivity index (χ0n) is 10.2. The average Bonchev–Trinajstić information content (AvgIpc) is 2.25. The molecule has 0 heterocycles. The number of nitrogens with one attached hydrogen (secondary N) is 1. The molecule has 2 N–H and O–H groups in total. The molecule has 0 aliphatic heterocycles. The average molecular weight is 297 g/mol. The van der Waals surface area contributed by atoms with Gasteiger partial charge < -0.3 is 5.11 Å². The molecule has 108 valence electrons. The van der Waals surface area contributed by atoms with Crippen molar-refractivity contribution in [1.82, 2.24) is 4.72 Å². The lowest BCUT2D eigenvalue weighted by atomic mass is 10.2. The number of hydrogen-bond acceptors (Lipinski definition) is 3. The van der Waals surface area contributed by atoms with Crippen LogP contribution in [0.3, 0.4) is 0 Å². The number of sulfonamides is 1. The molecule has 0 aliphatic carbocycles. The van der Waals surface area contributed by atoms with E-state index in [9.17, 15) is 26.7 Å². The molecule has 1 aromatic rings. The Morgan fingerprint density at radius 3 is 2.26 bits per heavy atom. The maximum absolute atomic E-state index is 13.3. The summed E-state index contributed by atoms with van der Waals surface area (Å²) < 4.78 is 64.5. The summed E-state index contributed by atoms with van der Waals surface area (Å²) in [6.07, 6.45) is 0.0188. The van der Waals surface area contributed by atoms with Gasteiger partial charge in [-0.3, -0.25) is 0 Å². The van der Waals surface area contributed by atoms with Gasteiger partial charge in [0.2, 0.25) is 10.0 Å². The van der Waals surface area contributed by atoms with Gasteiger partial charge in [0.15, 0.2) is 4.90 Å². The van der Waals surface area contributed by atoms with Crippen molar-refractivity contribution < 1.29 is 26.7 Å². The van der Waals surface area contributed by atoms with Crippen LogP contribution in [0.5, 0.6) is 0 Å². The van der Waals surface area contributed by atoms with Crippen molar-refractivity contribution in [3.8, 4) is 0 Å². The molecule has 0 saturated heterocycles. The van der Waals surface area contributed by atoms with Gasteiger partial charge in [-0.15, -0.1) is 0 Å². The normalized spacial score (nSPS) is 13.5. The summed E-state index contributed by atoms with van der Waals surface area (Å²) >= 11 is 0. The van der Waals surface area contributed by atoms with Gasteiger partial charge in [-0.2, -0.15) is 0 Å². The first kappa shape index (κ1) is 15.9. The van der Waals surface area contributed by atoms with E-state index in [4.69, 9.17) is 0 Å². The van der Waals surface area contributed by atoms with Crippen LogP contribution in [0.15, 0.2) is 17.0 Å². The molecule has 0 aliphatic rings. The first-order valence-corrected chi connectivity index (χ1v) is 7.08. The van der Waals surface area contributed by atoms with Crippen molar-refractivity contribution in [2.75, 3.05) is 6.54 Å². The van der Waals surface area contributed by atoms with Crippen molar-refractivity contribution in [2.24, 2.45) is 0 Å². The monoisotopic (exact) mass is 297 g/mol. The Morgan fingerprint density at radius 2 is 1.79 bits per heavy atom. The van der Waals surface area contributed by atoms with Crippen LogP contribution >= 0.6 is 0 Å². The molecular formula is C11H14F3NO3S. The van der Waals surface area contributed by atoms with Crippen LogP contribution in [-0.4, -0.2) is 26.2 Å². The maximum Gasteiger partial charge on any atom is 0.246 e. The zero-order chi connectivity index (χ0) is 14.6. The van der Waals surface area contributed by atoms with E-state index in [-0.39, 0.29) is 18.7 Å². The molecule has 0 spiro atoms.